The molecule has 3 aliphatic rings. The number of benzene rings is 1. The van der Waals surface area contributed by atoms with Crippen molar-refractivity contribution >= 4 is 5.91 Å². The van der Waals surface area contributed by atoms with Gasteiger partial charge in [0.05, 0.1) is 25.6 Å². The normalized spacial score (nSPS) is 24.6. The average Bonchev–Trinajstić information content (AvgIpc) is 3.00. The third-order valence-corrected chi connectivity index (χ3v) is 4.88. The Morgan fingerprint density at radius 2 is 2.17 bits per heavy atom. The van der Waals surface area contributed by atoms with E-state index >= 15 is 0 Å². The van der Waals surface area contributed by atoms with Crippen LogP contribution in [0.5, 0.6) is 11.5 Å². The molecular formula is C17H21NO5. The zero-order valence-corrected chi connectivity index (χ0v) is 13.2. The van der Waals surface area contributed by atoms with E-state index in [9.17, 15) is 4.79 Å². The average molecular weight is 319 g/mol. The van der Waals surface area contributed by atoms with Gasteiger partial charge in [-0.1, -0.05) is 6.07 Å². The minimum atomic E-state index is -0.191. The molecule has 0 bridgehead atoms. The number of fused-ring (bicyclic) bond motifs is 1. The number of nitrogens with zero attached hydrogens (tertiary/aromatic N) is 1. The van der Waals surface area contributed by atoms with Gasteiger partial charge in [0.15, 0.2) is 11.5 Å². The highest BCUT2D eigenvalue weighted by Crippen LogP contribution is 2.36. The van der Waals surface area contributed by atoms with Gasteiger partial charge in [-0.05, 0) is 24.1 Å². The van der Waals surface area contributed by atoms with E-state index < -0.39 is 0 Å². The molecule has 0 N–H and O–H groups in total. The summed E-state index contributed by atoms with van der Waals surface area (Å²) in [5.41, 5.74) is 0.753. The van der Waals surface area contributed by atoms with Crippen molar-refractivity contribution in [2.24, 2.45) is 0 Å². The third kappa shape index (κ3) is 2.77. The highest BCUT2D eigenvalue weighted by atomic mass is 16.7. The van der Waals surface area contributed by atoms with Crippen LogP contribution in [0.1, 0.15) is 18.4 Å². The van der Waals surface area contributed by atoms with Crippen molar-refractivity contribution in [3.63, 3.8) is 0 Å². The number of ether oxygens (including phenoxy) is 4. The van der Waals surface area contributed by atoms with Gasteiger partial charge in [-0.2, -0.15) is 0 Å². The summed E-state index contributed by atoms with van der Waals surface area (Å²) in [6.07, 6.45) is 2.43. The molecule has 124 valence electrons. The van der Waals surface area contributed by atoms with E-state index in [1.165, 1.54) is 0 Å². The minimum Gasteiger partial charge on any atom is -0.454 e. The molecule has 23 heavy (non-hydrogen) atoms. The van der Waals surface area contributed by atoms with Gasteiger partial charge in [-0.25, -0.2) is 0 Å². The SMILES string of the molecule is CO[C@@H]1CCOC2(C1)CN(C(=O)Cc1ccc3c(c1)OCO3)C2. The van der Waals surface area contributed by atoms with Gasteiger partial charge in [-0.15, -0.1) is 0 Å². The summed E-state index contributed by atoms with van der Waals surface area (Å²) < 4.78 is 22.0. The highest BCUT2D eigenvalue weighted by molar-refractivity contribution is 5.80. The number of carbonyl (C=O) groups excluding carboxylic acids is 1. The van der Waals surface area contributed by atoms with Crippen molar-refractivity contribution in [1.29, 1.82) is 0 Å². The van der Waals surface area contributed by atoms with E-state index in [4.69, 9.17) is 18.9 Å². The number of likely N-dealkylation sites (tertiary alicyclic amines) is 1. The quantitative estimate of drug-likeness (QED) is 0.842. The maximum absolute atomic E-state index is 12.4. The molecule has 1 aromatic rings. The molecule has 0 unspecified atom stereocenters. The molecule has 0 saturated carbocycles. The zero-order valence-electron chi connectivity index (χ0n) is 13.2. The Kier molecular flexibility index (Phi) is 3.66. The number of carbonyl (C=O) groups is 1. The molecular weight excluding hydrogens is 298 g/mol. The van der Waals surface area contributed by atoms with Crippen LogP contribution in [0.15, 0.2) is 18.2 Å². The Balaban J connectivity index is 1.34. The smallest absolute Gasteiger partial charge is 0.231 e. The van der Waals surface area contributed by atoms with Gasteiger partial charge in [0.25, 0.3) is 0 Å². The lowest BCUT2D eigenvalue weighted by Gasteiger charge is -2.53. The third-order valence-electron chi connectivity index (χ3n) is 4.88. The van der Waals surface area contributed by atoms with E-state index in [2.05, 4.69) is 0 Å². The van der Waals surface area contributed by atoms with Crippen LogP contribution in [0.2, 0.25) is 0 Å². The van der Waals surface area contributed by atoms with Gasteiger partial charge >= 0.3 is 0 Å². The zero-order chi connectivity index (χ0) is 15.9. The second-order valence-corrected chi connectivity index (χ2v) is 6.50. The number of amides is 1. The fourth-order valence-corrected chi connectivity index (χ4v) is 3.57. The standard InChI is InChI=1S/C17H21NO5/c1-20-13-4-5-23-17(8-13)9-18(10-17)16(19)7-12-2-3-14-15(6-12)22-11-21-14/h2-3,6,13H,4-5,7-11H2,1H3/t13-/m1/s1. The fraction of sp³-hybridized carbons (Fsp3) is 0.588. The molecule has 1 aromatic carbocycles. The number of methoxy groups -OCH3 is 1. The molecule has 6 nitrogen and oxygen atoms in total. The number of hydrogen-bond acceptors (Lipinski definition) is 5. The molecule has 1 amide bonds. The summed E-state index contributed by atoms with van der Waals surface area (Å²) in [6, 6.07) is 5.66. The van der Waals surface area contributed by atoms with Crippen molar-refractivity contribution in [1.82, 2.24) is 4.90 Å². The molecule has 1 spiro atoms. The first-order chi connectivity index (χ1) is 11.2. The lowest BCUT2D eigenvalue weighted by molar-refractivity contribution is -0.198. The topological polar surface area (TPSA) is 57.2 Å². The second kappa shape index (κ2) is 5.69. The van der Waals surface area contributed by atoms with Crippen LogP contribution >= 0.6 is 0 Å². The summed E-state index contributed by atoms with van der Waals surface area (Å²) in [5, 5.41) is 0. The van der Waals surface area contributed by atoms with E-state index in [1.54, 1.807) is 7.11 Å². The van der Waals surface area contributed by atoms with Crippen molar-refractivity contribution in [2.75, 3.05) is 33.6 Å². The second-order valence-electron chi connectivity index (χ2n) is 6.50. The van der Waals surface area contributed by atoms with Crippen LogP contribution in [0.25, 0.3) is 0 Å². The van der Waals surface area contributed by atoms with Crippen LogP contribution in [0.4, 0.5) is 0 Å². The molecule has 2 fully saturated rings. The van der Waals surface area contributed by atoms with E-state index in [-0.39, 0.29) is 24.4 Å². The molecule has 6 heteroatoms. The van der Waals surface area contributed by atoms with Gasteiger partial charge in [-0.3, -0.25) is 4.79 Å². The largest absolute Gasteiger partial charge is 0.454 e. The molecule has 0 aromatic heterocycles. The highest BCUT2D eigenvalue weighted by Gasteiger charge is 2.49. The van der Waals surface area contributed by atoms with Crippen LogP contribution < -0.4 is 9.47 Å². The Bertz CT molecular complexity index is 611. The summed E-state index contributed by atoms with van der Waals surface area (Å²) in [5.74, 6) is 1.58. The fourth-order valence-electron chi connectivity index (χ4n) is 3.57. The maximum atomic E-state index is 12.4. The van der Waals surface area contributed by atoms with E-state index in [0.717, 1.165) is 24.2 Å². The summed E-state index contributed by atoms with van der Waals surface area (Å²) in [6.45, 7) is 2.29. The predicted octanol–water partition coefficient (Wildman–Crippen LogP) is 1.36. The molecule has 3 heterocycles. The van der Waals surface area contributed by atoms with Crippen LogP contribution in [-0.2, 0) is 20.7 Å². The summed E-state index contributed by atoms with van der Waals surface area (Å²) >= 11 is 0. The van der Waals surface area contributed by atoms with Crippen molar-refractivity contribution in [2.45, 2.75) is 31.0 Å². The number of rotatable bonds is 3. The van der Waals surface area contributed by atoms with Crippen LogP contribution in [0.3, 0.4) is 0 Å². The first-order valence-electron chi connectivity index (χ1n) is 8.00. The van der Waals surface area contributed by atoms with Crippen LogP contribution in [0, 0.1) is 0 Å². The summed E-state index contributed by atoms with van der Waals surface area (Å²) in [7, 11) is 1.74. The van der Waals surface area contributed by atoms with Crippen molar-refractivity contribution in [3.8, 4) is 11.5 Å². The first-order valence-corrected chi connectivity index (χ1v) is 8.00. The Morgan fingerprint density at radius 3 is 3.00 bits per heavy atom. The van der Waals surface area contributed by atoms with Gasteiger partial charge in [0.1, 0.15) is 5.60 Å². The number of hydrogen-bond donors (Lipinski definition) is 0. The monoisotopic (exact) mass is 319 g/mol. The predicted molar refractivity (Wildman–Crippen MR) is 81.6 cm³/mol. The molecule has 3 aliphatic heterocycles. The Hall–Kier alpha value is -1.79. The van der Waals surface area contributed by atoms with Crippen molar-refractivity contribution in [3.05, 3.63) is 23.8 Å². The lowest BCUT2D eigenvalue weighted by atomic mass is 9.84. The minimum absolute atomic E-state index is 0.123. The van der Waals surface area contributed by atoms with E-state index in [0.29, 0.717) is 31.9 Å². The molecule has 0 radical (unpaired) electrons. The van der Waals surface area contributed by atoms with Crippen molar-refractivity contribution < 1.29 is 23.7 Å². The van der Waals surface area contributed by atoms with E-state index in [1.807, 2.05) is 23.1 Å². The Morgan fingerprint density at radius 1 is 1.35 bits per heavy atom. The molecule has 1 atom stereocenters. The molecule has 2 saturated heterocycles. The Labute approximate surface area is 135 Å². The first kappa shape index (κ1) is 14.8. The van der Waals surface area contributed by atoms with Gasteiger partial charge in [0.2, 0.25) is 12.7 Å². The molecule has 4 rings (SSSR count). The lowest BCUT2D eigenvalue weighted by Crippen LogP contribution is -2.67. The van der Waals surface area contributed by atoms with Crippen LogP contribution in [-0.4, -0.2) is 56.1 Å². The van der Waals surface area contributed by atoms with Gasteiger partial charge < -0.3 is 23.8 Å². The van der Waals surface area contributed by atoms with Gasteiger partial charge in [0, 0.05) is 20.1 Å². The summed E-state index contributed by atoms with van der Waals surface area (Å²) in [4.78, 5) is 14.3. The maximum Gasteiger partial charge on any atom is 0.231 e. The molecule has 0 aliphatic carbocycles.